The van der Waals surface area contributed by atoms with Gasteiger partial charge in [-0.1, -0.05) is 18.2 Å². The van der Waals surface area contributed by atoms with Gasteiger partial charge >= 0.3 is 0 Å². The lowest BCUT2D eigenvalue weighted by Gasteiger charge is -2.13. The van der Waals surface area contributed by atoms with Crippen LogP contribution >= 0.6 is 0 Å². The monoisotopic (exact) mass is 249 g/mol. The number of halogens is 1. The summed E-state index contributed by atoms with van der Waals surface area (Å²) in [6.45, 7) is 1.79. The van der Waals surface area contributed by atoms with Crippen LogP contribution in [-0.2, 0) is 6.54 Å². The predicted molar refractivity (Wildman–Crippen MR) is 66.5 cm³/mol. The van der Waals surface area contributed by atoms with Gasteiger partial charge < -0.3 is 15.0 Å². The summed E-state index contributed by atoms with van der Waals surface area (Å²) in [6.07, 6.45) is 4.49. The van der Waals surface area contributed by atoms with E-state index in [1.165, 1.54) is 6.07 Å². The lowest BCUT2D eigenvalue weighted by Crippen LogP contribution is -2.25. The second-order valence-electron chi connectivity index (χ2n) is 4.04. The van der Waals surface area contributed by atoms with E-state index >= 15 is 0 Å². The molecule has 0 spiro atoms. The summed E-state index contributed by atoms with van der Waals surface area (Å²) in [5, 5.41) is 12.9. The Bertz CT molecular complexity index is 473. The van der Waals surface area contributed by atoms with Gasteiger partial charge in [-0.25, -0.2) is 9.37 Å². The minimum absolute atomic E-state index is 0.327. The molecule has 96 valence electrons. The number of aromatic nitrogens is 2. The lowest BCUT2D eigenvalue weighted by atomic mass is 10.1. The van der Waals surface area contributed by atoms with Gasteiger partial charge in [0.25, 0.3) is 0 Å². The Morgan fingerprint density at radius 3 is 2.94 bits per heavy atom. The van der Waals surface area contributed by atoms with Gasteiger partial charge in [-0.3, -0.25) is 0 Å². The summed E-state index contributed by atoms with van der Waals surface area (Å²) in [4.78, 5) is 3.93. The first-order valence-corrected chi connectivity index (χ1v) is 5.86. The Hall–Kier alpha value is -1.72. The van der Waals surface area contributed by atoms with Crippen LogP contribution < -0.4 is 5.32 Å². The molecule has 1 atom stereocenters. The number of imidazole rings is 1. The third-order valence-electron chi connectivity index (χ3n) is 2.71. The van der Waals surface area contributed by atoms with Crippen molar-refractivity contribution in [3.8, 4) is 0 Å². The maximum absolute atomic E-state index is 13.4. The molecule has 0 bridgehead atoms. The summed E-state index contributed by atoms with van der Waals surface area (Å²) in [7, 11) is 0. The van der Waals surface area contributed by atoms with Crippen LogP contribution in [0.4, 0.5) is 4.39 Å². The molecule has 5 heteroatoms. The standard InChI is InChI=1S/C13H16FN3O/c14-12-4-2-1-3-11(12)13(18)9-15-5-7-17-8-6-16-10-17/h1-4,6,8,10,13,15,18H,5,7,9H2. The maximum atomic E-state index is 13.4. The zero-order valence-electron chi connectivity index (χ0n) is 9.96. The van der Waals surface area contributed by atoms with Gasteiger partial charge in [0.15, 0.2) is 0 Å². The molecule has 1 aromatic carbocycles. The number of nitrogens with zero attached hydrogens (tertiary/aromatic N) is 2. The van der Waals surface area contributed by atoms with Crippen molar-refractivity contribution in [3.05, 3.63) is 54.4 Å². The zero-order valence-corrected chi connectivity index (χ0v) is 9.96. The molecule has 2 rings (SSSR count). The third-order valence-corrected chi connectivity index (χ3v) is 2.71. The average molecular weight is 249 g/mol. The molecule has 1 unspecified atom stereocenters. The minimum atomic E-state index is -0.825. The molecule has 2 aromatic rings. The first-order chi connectivity index (χ1) is 8.77. The molecule has 0 aliphatic carbocycles. The van der Waals surface area contributed by atoms with Gasteiger partial charge in [-0.15, -0.1) is 0 Å². The van der Waals surface area contributed by atoms with E-state index in [2.05, 4.69) is 10.3 Å². The summed E-state index contributed by atoms with van der Waals surface area (Å²) < 4.78 is 15.3. The van der Waals surface area contributed by atoms with Crippen LogP contribution in [0.15, 0.2) is 43.0 Å². The number of hydrogen-bond donors (Lipinski definition) is 2. The Balaban J connectivity index is 1.75. The van der Waals surface area contributed by atoms with Crippen molar-refractivity contribution in [1.29, 1.82) is 0 Å². The topological polar surface area (TPSA) is 50.1 Å². The first-order valence-electron chi connectivity index (χ1n) is 5.86. The Labute approximate surface area is 105 Å². The summed E-state index contributed by atoms with van der Waals surface area (Å²) >= 11 is 0. The average Bonchev–Trinajstić information content (AvgIpc) is 2.88. The molecule has 0 saturated heterocycles. The van der Waals surface area contributed by atoms with Gasteiger partial charge in [-0.05, 0) is 6.07 Å². The molecule has 4 nitrogen and oxygen atoms in total. The Kier molecular flexibility index (Phi) is 4.44. The number of benzene rings is 1. The van der Waals surface area contributed by atoms with Crippen molar-refractivity contribution in [2.24, 2.45) is 0 Å². The van der Waals surface area contributed by atoms with Crippen LogP contribution in [0.3, 0.4) is 0 Å². The van der Waals surface area contributed by atoms with E-state index in [1.807, 2.05) is 10.8 Å². The minimum Gasteiger partial charge on any atom is -0.387 e. The normalized spacial score (nSPS) is 12.6. The number of aliphatic hydroxyl groups is 1. The van der Waals surface area contributed by atoms with E-state index in [0.717, 1.165) is 6.54 Å². The molecular formula is C13H16FN3O. The Morgan fingerprint density at radius 1 is 1.39 bits per heavy atom. The van der Waals surface area contributed by atoms with Crippen LogP contribution in [0.2, 0.25) is 0 Å². The maximum Gasteiger partial charge on any atom is 0.129 e. The number of rotatable bonds is 6. The smallest absolute Gasteiger partial charge is 0.129 e. The van der Waals surface area contributed by atoms with Gasteiger partial charge in [0.2, 0.25) is 0 Å². The second-order valence-corrected chi connectivity index (χ2v) is 4.04. The van der Waals surface area contributed by atoms with E-state index in [9.17, 15) is 9.50 Å². The van der Waals surface area contributed by atoms with E-state index in [-0.39, 0.29) is 5.82 Å². The Morgan fingerprint density at radius 2 is 2.22 bits per heavy atom. The highest BCUT2D eigenvalue weighted by Gasteiger charge is 2.10. The van der Waals surface area contributed by atoms with Crippen molar-refractivity contribution < 1.29 is 9.50 Å². The van der Waals surface area contributed by atoms with Crippen LogP contribution in [0.25, 0.3) is 0 Å². The molecule has 0 fully saturated rings. The molecule has 0 aliphatic rings. The van der Waals surface area contributed by atoms with Crippen LogP contribution in [0, 0.1) is 5.82 Å². The highest BCUT2D eigenvalue weighted by molar-refractivity contribution is 5.19. The summed E-state index contributed by atoms with van der Waals surface area (Å²) in [6, 6.07) is 6.27. The second kappa shape index (κ2) is 6.28. The van der Waals surface area contributed by atoms with Gasteiger partial charge in [0.1, 0.15) is 5.82 Å². The molecule has 0 radical (unpaired) electrons. The SMILES string of the molecule is OC(CNCCn1ccnc1)c1ccccc1F. The van der Waals surface area contributed by atoms with Crippen LogP contribution in [-0.4, -0.2) is 27.7 Å². The van der Waals surface area contributed by atoms with Crippen molar-refractivity contribution in [2.45, 2.75) is 12.6 Å². The lowest BCUT2D eigenvalue weighted by molar-refractivity contribution is 0.170. The van der Waals surface area contributed by atoms with E-state index in [4.69, 9.17) is 0 Å². The molecule has 0 aliphatic heterocycles. The quantitative estimate of drug-likeness (QED) is 0.760. The largest absolute Gasteiger partial charge is 0.387 e. The first kappa shape index (κ1) is 12.7. The van der Waals surface area contributed by atoms with Gasteiger partial charge in [-0.2, -0.15) is 0 Å². The third kappa shape index (κ3) is 3.38. The number of aliphatic hydroxyl groups excluding tert-OH is 1. The number of nitrogens with one attached hydrogen (secondary N) is 1. The van der Waals surface area contributed by atoms with Crippen molar-refractivity contribution >= 4 is 0 Å². The summed E-state index contributed by atoms with van der Waals surface area (Å²) in [5.74, 6) is -0.374. The van der Waals surface area contributed by atoms with Gasteiger partial charge in [0, 0.05) is 37.6 Å². The fraction of sp³-hybridized carbons (Fsp3) is 0.308. The fourth-order valence-electron chi connectivity index (χ4n) is 1.72. The summed E-state index contributed by atoms with van der Waals surface area (Å²) in [5.41, 5.74) is 0.327. The number of hydrogen-bond acceptors (Lipinski definition) is 3. The van der Waals surface area contributed by atoms with Gasteiger partial charge in [0.05, 0.1) is 12.4 Å². The van der Waals surface area contributed by atoms with E-state index in [0.29, 0.717) is 18.7 Å². The van der Waals surface area contributed by atoms with Crippen molar-refractivity contribution in [3.63, 3.8) is 0 Å². The molecule has 0 saturated carbocycles. The van der Waals surface area contributed by atoms with Crippen molar-refractivity contribution in [1.82, 2.24) is 14.9 Å². The zero-order chi connectivity index (χ0) is 12.8. The molecular weight excluding hydrogens is 233 g/mol. The molecule has 2 N–H and O–H groups in total. The highest BCUT2D eigenvalue weighted by atomic mass is 19.1. The van der Waals surface area contributed by atoms with Crippen LogP contribution in [0.1, 0.15) is 11.7 Å². The van der Waals surface area contributed by atoms with Crippen LogP contribution in [0.5, 0.6) is 0 Å². The highest BCUT2D eigenvalue weighted by Crippen LogP contribution is 2.15. The molecule has 0 amide bonds. The fourth-order valence-corrected chi connectivity index (χ4v) is 1.72. The van der Waals surface area contributed by atoms with E-state index in [1.54, 1.807) is 30.7 Å². The van der Waals surface area contributed by atoms with Crippen molar-refractivity contribution in [2.75, 3.05) is 13.1 Å². The molecule has 18 heavy (non-hydrogen) atoms. The molecule has 1 heterocycles. The van der Waals surface area contributed by atoms with E-state index < -0.39 is 6.10 Å². The molecule has 1 aromatic heterocycles. The predicted octanol–water partition coefficient (Wildman–Crippen LogP) is 1.35.